The van der Waals surface area contributed by atoms with Crippen LogP contribution in [0.5, 0.6) is 0 Å². The number of hydrogen-bond acceptors (Lipinski definition) is 4. The van der Waals surface area contributed by atoms with Gasteiger partial charge in [0.2, 0.25) is 5.91 Å². The molecule has 0 aromatic heterocycles. The minimum atomic E-state index is -0.285. The molecule has 2 aliphatic rings. The Morgan fingerprint density at radius 2 is 2.00 bits per heavy atom. The van der Waals surface area contributed by atoms with Crippen LogP contribution in [0.1, 0.15) is 39.0 Å². The van der Waals surface area contributed by atoms with Crippen LogP contribution in [0.15, 0.2) is 0 Å². The lowest BCUT2D eigenvalue weighted by atomic mass is 10.0. The Hall–Kier alpha value is -1.30. The molecule has 2 saturated heterocycles. The maximum absolute atomic E-state index is 12.0. The first-order valence-corrected chi connectivity index (χ1v) is 7.54. The highest BCUT2D eigenvalue weighted by Crippen LogP contribution is 2.15. The van der Waals surface area contributed by atoms with E-state index >= 15 is 0 Å². The molecule has 0 aromatic carbocycles. The van der Waals surface area contributed by atoms with Crippen LogP contribution in [0, 0.1) is 0 Å². The van der Waals surface area contributed by atoms with Gasteiger partial charge in [-0.3, -0.25) is 4.79 Å². The standard InChI is InChI=1S/C14H24N2O4/c1-2-19-14(18)16-8-6-11(7-9-16)15-13(17)12-5-3-4-10-20-12/h11-12H,2-10H2,1H3,(H,15,17). The lowest BCUT2D eigenvalue weighted by Gasteiger charge is -2.32. The van der Waals surface area contributed by atoms with Crippen molar-refractivity contribution in [1.82, 2.24) is 10.2 Å². The van der Waals surface area contributed by atoms with E-state index in [2.05, 4.69) is 5.32 Å². The van der Waals surface area contributed by atoms with E-state index in [-0.39, 0.29) is 24.1 Å². The minimum Gasteiger partial charge on any atom is -0.450 e. The summed E-state index contributed by atoms with van der Waals surface area (Å²) in [4.78, 5) is 25.3. The van der Waals surface area contributed by atoms with E-state index in [0.29, 0.717) is 26.3 Å². The number of nitrogens with one attached hydrogen (secondary N) is 1. The number of nitrogens with zero attached hydrogens (tertiary/aromatic N) is 1. The molecule has 2 rings (SSSR count). The lowest BCUT2D eigenvalue weighted by molar-refractivity contribution is -0.136. The summed E-state index contributed by atoms with van der Waals surface area (Å²) in [6, 6.07) is 0.138. The molecular weight excluding hydrogens is 260 g/mol. The third kappa shape index (κ3) is 4.10. The van der Waals surface area contributed by atoms with Crippen LogP contribution in [-0.4, -0.2) is 55.3 Å². The summed E-state index contributed by atoms with van der Waals surface area (Å²) in [5.74, 6) is -0.000662. The Bertz CT molecular complexity index is 334. The first-order valence-electron chi connectivity index (χ1n) is 7.54. The van der Waals surface area contributed by atoms with Gasteiger partial charge in [0.25, 0.3) is 0 Å². The highest BCUT2D eigenvalue weighted by Gasteiger charge is 2.28. The molecule has 0 saturated carbocycles. The number of rotatable bonds is 3. The van der Waals surface area contributed by atoms with E-state index in [1.807, 2.05) is 0 Å². The predicted molar refractivity (Wildman–Crippen MR) is 73.4 cm³/mol. The van der Waals surface area contributed by atoms with Crippen molar-refractivity contribution in [3.05, 3.63) is 0 Å². The average Bonchev–Trinajstić information content (AvgIpc) is 2.49. The number of piperidine rings is 1. The zero-order chi connectivity index (χ0) is 14.4. The molecule has 1 unspecified atom stereocenters. The van der Waals surface area contributed by atoms with E-state index < -0.39 is 0 Å². The molecular formula is C14H24N2O4. The first kappa shape index (κ1) is 15.1. The van der Waals surface area contributed by atoms with Crippen LogP contribution in [0.25, 0.3) is 0 Å². The maximum Gasteiger partial charge on any atom is 0.409 e. The summed E-state index contributed by atoms with van der Waals surface area (Å²) in [6.07, 6.45) is 3.92. The molecule has 6 nitrogen and oxygen atoms in total. The molecule has 114 valence electrons. The second-order valence-electron chi connectivity index (χ2n) is 5.32. The minimum absolute atomic E-state index is 0.000662. The molecule has 20 heavy (non-hydrogen) atoms. The molecule has 0 aromatic rings. The Labute approximate surface area is 119 Å². The van der Waals surface area contributed by atoms with Gasteiger partial charge in [-0.15, -0.1) is 0 Å². The molecule has 1 atom stereocenters. The smallest absolute Gasteiger partial charge is 0.409 e. The fourth-order valence-corrected chi connectivity index (χ4v) is 2.66. The predicted octanol–water partition coefficient (Wildman–Crippen LogP) is 1.29. The van der Waals surface area contributed by atoms with E-state index in [1.165, 1.54) is 0 Å². The second kappa shape index (κ2) is 7.47. The average molecular weight is 284 g/mol. The fourth-order valence-electron chi connectivity index (χ4n) is 2.66. The Morgan fingerprint density at radius 3 is 2.60 bits per heavy atom. The zero-order valence-electron chi connectivity index (χ0n) is 12.1. The summed E-state index contributed by atoms with van der Waals surface area (Å²) in [5, 5.41) is 3.04. The number of carbonyl (C=O) groups is 2. The number of likely N-dealkylation sites (tertiary alicyclic amines) is 1. The Balaban J connectivity index is 1.71. The number of ether oxygens (including phenoxy) is 2. The van der Waals surface area contributed by atoms with Crippen molar-refractivity contribution in [2.45, 2.75) is 51.2 Å². The summed E-state index contributed by atoms with van der Waals surface area (Å²) in [5.41, 5.74) is 0. The van der Waals surface area contributed by atoms with Gasteiger partial charge in [0.05, 0.1) is 6.61 Å². The van der Waals surface area contributed by atoms with Crippen LogP contribution >= 0.6 is 0 Å². The monoisotopic (exact) mass is 284 g/mol. The van der Waals surface area contributed by atoms with Gasteiger partial charge in [-0.25, -0.2) is 4.79 Å². The van der Waals surface area contributed by atoms with Crippen molar-refractivity contribution in [3.8, 4) is 0 Å². The molecule has 2 heterocycles. The van der Waals surface area contributed by atoms with Crippen molar-refractivity contribution in [3.63, 3.8) is 0 Å². The van der Waals surface area contributed by atoms with Crippen LogP contribution in [-0.2, 0) is 14.3 Å². The maximum atomic E-state index is 12.0. The van der Waals surface area contributed by atoms with E-state index in [4.69, 9.17) is 9.47 Å². The number of hydrogen-bond donors (Lipinski definition) is 1. The Morgan fingerprint density at radius 1 is 1.25 bits per heavy atom. The van der Waals surface area contributed by atoms with Gasteiger partial charge in [-0.2, -0.15) is 0 Å². The molecule has 2 aliphatic heterocycles. The largest absolute Gasteiger partial charge is 0.450 e. The van der Waals surface area contributed by atoms with Gasteiger partial charge >= 0.3 is 6.09 Å². The van der Waals surface area contributed by atoms with Crippen LogP contribution in [0.4, 0.5) is 4.79 Å². The van der Waals surface area contributed by atoms with Gasteiger partial charge in [0.15, 0.2) is 0 Å². The van der Waals surface area contributed by atoms with Gasteiger partial charge < -0.3 is 19.7 Å². The first-order chi connectivity index (χ1) is 9.70. The summed E-state index contributed by atoms with van der Waals surface area (Å²) >= 11 is 0. The molecule has 0 radical (unpaired) electrons. The molecule has 0 spiro atoms. The second-order valence-corrected chi connectivity index (χ2v) is 5.32. The van der Waals surface area contributed by atoms with E-state index in [1.54, 1.807) is 11.8 Å². The highest BCUT2D eigenvalue weighted by atomic mass is 16.6. The van der Waals surface area contributed by atoms with Crippen molar-refractivity contribution < 1.29 is 19.1 Å². The third-order valence-corrected chi connectivity index (χ3v) is 3.84. The zero-order valence-corrected chi connectivity index (χ0v) is 12.1. The number of carbonyl (C=O) groups excluding carboxylic acids is 2. The van der Waals surface area contributed by atoms with Crippen molar-refractivity contribution in [1.29, 1.82) is 0 Å². The molecule has 0 bridgehead atoms. The number of amides is 2. The van der Waals surface area contributed by atoms with Crippen LogP contribution < -0.4 is 5.32 Å². The van der Waals surface area contributed by atoms with E-state index in [0.717, 1.165) is 32.1 Å². The SMILES string of the molecule is CCOC(=O)N1CCC(NC(=O)C2CCCCO2)CC1. The van der Waals surface area contributed by atoms with Gasteiger partial charge in [-0.05, 0) is 39.0 Å². The summed E-state index contributed by atoms with van der Waals surface area (Å²) in [7, 11) is 0. The Kier molecular flexibility index (Phi) is 5.64. The molecule has 2 fully saturated rings. The quantitative estimate of drug-likeness (QED) is 0.848. The molecule has 0 aliphatic carbocycles. The summed E-state index contributed by atoms with van der Waals surface area (Å²) < 4.78 is 10.4. The van der Waals surface area contributed by atoms with Crippen molar-refractivity contribution in [2.24, 2.45) is 0 Å². The van der Waals surface area contributed by atoms with E-state index in [9.17, 15) is 9.59 Å². The highest BCUT2D eigenvalue weighted by molar-refractivity contribution is 5.81. The van der Waals surface area contributed by atoms with Crippen LogP contribution in [0.3, 0.4) is 0 Å². The van der Waals surface area contributed by atoms with Gasteiger partial charge in [-0.1, -0.05) is 0 Å². The molecule has 2 amide bonds. The normalized spacial score (nSPS) is 24.2. The third-order valence-electron chi connectivity index (χ3n) is 3.84. The lowest BCUT2D eigenvalue weighted by Crippen LogP contribution is -2.49. The van der Waals surface area contributed by atoms with Crippen LogP contribution in [0.2, 0.25) is 0 Å². The van der Waals surface area contributed by atoms with Crippen molar-refractivity contribution in [2.75, 3.05) is 26.3 Å². The van der Waals surface area contributed by atoms with Crippen molar-refractivity contribution >= 4 is 12.0 Å². The van der Waals surface area contributed by atoms with Gasteiger partial charge in [0, 0.05) is 25.7 Å². The topological polar surface area (TPSA) is 67.9 Å². The molecule has 1 N–H and O–H groups in total. The molecule has 6 heteroatoms. The fraction of sp³-hybridized carbons (Fsp3) is 0.857. The van der Waals surface area contributed by atoms with Gasteiger partial charge in [0.1, 0.15) is 6.10 Å². The summed E-state index contributed by atoms with van der Waals surface area (Å²) in [6.45, 7) is 4.15.